The number of anilines is 1. The molecule has 2 aliphatic heterocycles. The van der Waals surface area contributed by atoms with E-state index in [9.17, 15) is 72.9 Å². The Hall–Kier alpha value is -2.93. The van der Waals surface area contributed by atoms with Gasteiger partial charge in [0.1, 0.15) is 48.1 Å². The normalized spacial score (nSPS) is 23.4. The number of thioether (sulfide) groups is 1. The molecule has 0 aromatic carbocycles. The van der Waals surface area contributed by atoms with E-state index in [-0.39, 0.29) is 72.1 Å². The van der Waals surface area contributed by atoms with Gasteiger partial charge in [-0.05, 0) is 19.8 Å². The number of nitrogens with zero attached hydrogens (tertiary/aromatic N) is 4. The molecule has 33 heteroatoms. The molecule has 2 aromatic rings. The van der Waals surface area contributed by atoms with Gasteiger partial charge in [-0.3, -0.25) is 32.9 Å². The fourth-order valence-electron chi connectivity index (χ4n) is 8.76. The van der Waals surface area contributed by atoms with Crippen molar-refractivity contribution in [2.75, 3.05) is 44.4 Å². The molecule has 0 spiro atoms. The Bertz CT molecular complexity index is 2420. The summed E-state index contributed by atoms with van der Waals surface area (Å²) >= 11 is 0.918. The molecule has 0 radical (unpaired) electrons. The number of Topliss-reactive ketones (excluding diaryl/α,β-unsaturated/α-hetero) is 1. The number of rotatable bonds is 41. The highest BCUT2D eigenvalue weighted by Crippen LogP contribution is 2.56. The van der Waals surface area contributed by atoms with Gasteiger partial charge in [0.2, 0.25) is 11.8 Å². The van der Waals surface area contributed by atoms with Gasteiger partial charge in [0.15, 0.2) is 29.1 Å². The zero-order chi connectivity index (χ0) is 59.8. The number of ether oxygens (including phenoxy) is 3. The number of hydrogen-bond acceptors (Lipinski definition) is 27. The Morgan fingerprint density at radius 2 is 1.41 bits per heavy atom. The number of unbranched alkanes of at least 4 members (excludes halogenated alkanes) is 15. The van der Waals surface area contributed by atoms with Gasteiger partial charge in [0, 0.05) is 50.1 Å². The SMILES string of the molecule is C[C@@H]1O[C@@H](OCCCCCCCCCCCCCCCCCCC(=O)CC(=O)SCCNC(=O)CCNC(=O)[C@H](O)C(C)(C)COP(=O)([O-])OP(=O)([O-])OC[C@H]2O[C@@H](n3cnc4c(N)ncnc43)[C@H](O)[C@@H]2OP(=O)([O-])[O-])[C@H](O)C[C@H]1O. The molecular weight excluding hydrogens is 1150 g/mol. The van der Waals surface area contributed by atoms with Gasteiger partial charge in [-0.15, -0.1) is 0 Å². The highest BCUT2D eigenvalue weighted by atomic mass is 32.2. The number of aromatic nitrogens is 4. The first-order valence-corrected chi connectivity index (χ1v) is 32.7. The Kier molecular flexibility index (Phi) is 30.4. The molecule has 2 unspecified atom stereocenters. The quantitative estimate of drug-likeness (QED) is 0.0282. The summed E-state index contributed by atoms with van der Waals surface area (Å²) in [5, 5.41) is 45.8. The Morgan fingerprint density at radius 3 is 2.02 bits per heavy atom. The molecule has 2 fully saturated rings. The molecule has 0 bridgehead atoms. The number of ketones is 1. The van der Waals surface area contributed by atoms with Gasteiger partial charge in [-0.25, -0.2) is 19.3 Å². The zero-order valence-corrected chi connectivity index (χ0v) is 49.5. The number of aliphatic hydroxyl groups is 4. The highest BCUT2D eigenvalue weighted by molar-refractivity contribution is 8.13. The maximum absolute atomic E-state index is 12.7. The van der Waals surface area contributed by atoms with E-state index in [0.717, 1.165) is 73.9 Å². The largest absolute Gasteiger partial charge is 0.790 e. The molecule has 0 aliphatic carbocycles. The highest BCUT2D eigenvalue weighted by Gasteiger charge is 2.47. The molecule has 29 nitrogen and oxygen atoms in total. The van der Waals surface area contributed by atoms with Crippen LogP contribution in [0.4, 0.5) is 5.82 Å². The van der Waals surface area contributed by atoms with E-state index in [2.05, 4.69) is 43.5 Å². The van der Waals surface area contributed by atoms with Crippen LogP contribution in [0.25, 0.3) is 11.2 Å². The van der Waals surface area contributed by atoms with Crippen molar-refractivity contribution in [3.05, 3.63) is 12.7 Å². The van der Waals surface area contributed by atoms with Crippen LogP contribution in [0.2, 0.25) is 0 Å². The third kappa shape index (κ3) is 26.1. The number of amides is 2. The summed E-state index contributed by atoms with van der Waals surface area (Å²) in [5.41, 5.74) is 4.04. The van der Waals surface area contributed by atoms with E-state index in [0.29, 0.717) is 13.0 Å². The predicted octanol–water partition coefficient (Wildman–Crippen LogP) is 1.60. The van der Waals surface area contributed by atoms with Crippen LogP contribution >= 0.6 is 35.2 Å². The smallest absolute Gasteiger partial charge is 0.274 e. The second-order valence-electron chi connectivity index (χ2n) is 20.8. The van der Waals surface area contributed by atoms with Gasteiger partial charge in [0.25, 0.3) is 15.6 Å². The van der Waals surface area contributed by atoms with E-state index in [1.807, 2.05) is 0 Å². The van der Waals surface area contributed by atoms with Gasteiger partial charge in [0.05, 0.1) is 46.0 Å². The number of carbonyl (C=O) groups excluding carboxylic acids is 4. The predicted molar refractivity (Wildman–Crippen MR) is 283 cm³/mol. The lowest BCUT2D eigenvalue weighted by atomic mass is 9.87. The van der Waals surface area contributed by atoms with Crippen molar-refractivity contribution in [2.24, 2.45) is 5.41 Å². The number of fused-ring (bicyclic) bond motifs is 1. The summed E-state index contributed by atoms with van der Waals surface area (Å²) in [7, 11) is -17.7. The first-order chi connectivity index (χ1) is 38.2. The van der Waals surface area contributed by atoms with E-state index in [4.69, 9.17) is 19.9 Å². The molecule has 2 saturated heterocycles. The minimum atomic E-state index is -5.95. The Balaban J connectivity index is 0.969. The summed E-state index contributed by atoms with van der Waals surface area (Å²) in [4.78, 5) is 110. The summed E-state index contributed by atoms with van der Waals surface area (Å²) in [5.74, 6) is -1.56. The number of carbonyl (C=O) groups is 4. The average Bonchev–Trinajstić information content (AvgIpc) is 3.96. The number of phosphoric acid groups is 3. The lowest BCUT2D eigenvalue weighted by molar-refractivity contribution is -0.347. The lowest BCUT2D eigenvalue weighted by Gasteiger charge is -2.36. The molecule has 2 aromatic heterocycles. The van der Waals surface area contributed by atoms with Crippen molar-refractivity contribution >= 4 is 74.9 Å². The minimum absolute atomic E-state index is 0.0297. The maximum atomic E-state index is 12.7. The number of hydrogen-bond donors (Lipinski definition) is 7. The number of nitrogens with one attached hydrogen (secondary N) is 2. The lowest BCUT2D eigenvalue weighted by Crippen LogP contribution is -2.47. The molecule has 11 atom stereocenters. The van der Waals surface area contributed by atoms with Crippen LogP contribution in [0.5, 0.6) is 0 Å². The van der Waals surface area contributed by atoms with Gasteiger partial charge in [-0.2, -0.15) is 0 Å². The molecule has 0 saturated carbocycles. The third-order valence-electron chi connectivity index (χ3n) is 13.4. The fraction of sp³-hybridized carbons (Fsp3) is 0.812. The molecule has 464 valence electrons. The standard InChI is InChI=1S/C48H84N7O22P3S/c1-32-34(57)27-35(58)47(74-32)71-24-19-17-15-13-11-9-7-5-4-6-8-10-12-14-16-18-20-33(56)26-38(60)81-25-23-50-37(59)21-22-51-45(63)42(62)48(2,3)29-73-80(69,70)77-79(67,68)72-28-36-41(76-78(64,65)66)40(61)46(75-36)55-31-54-39-43(49)52-30-53-44(39)55/h30-32,34-36,40-42,46-47,57-58,61-62H,4-29H2,1-3H3,(H,50,59)(H,51,63)(H,67,68)(H,69,70)(H2,49,52,53)(H2,64,65,66)/p-4/t32-,34+,35+,36+,40+,41+,42-,46+,47+/m0/s1. The number of imidazole rings is 1. The van der Waals surface area contributed by atoms with Crippen LogP contribution in [0.1, 0.15) is 155 Å². The molecule has 81 heavy (non-hydrogen) atoms. The summed E-state index contributed by atoms with van der Waals surface area (Å²) in [6, 6.07) is 0. The molecule has 2 aliphatic rings. The Morgan fingerprint density at radius 1 is 0.815 bits per heavy atom. The van der Waals surface area contributed by atoms with Crippen LogP contribution in [-0.4, -0.2) is 150 Å². The molecule has 4 rings (SSSR count). The number of aliphatic hydroxyl groups excluding tert-OH is 4. The van der Waals surface area contributed by atoms with Crippen molar-refractivity contribution < 1.29 is 105 Å². The average molecular weight is 1230 g/mol. The maximum Gasteiger partial charge on any atom is 0.274 e. The summed E-state index contributed by atoms with van der Waals surface area (Å²) < 4.78 is 72.1. The molecule has 8 N–H and O–H groups in total. The number of nitrogen functional groups attached to an aromatic ring is 1. The third-order valence-corrected chi connectivity index (χ3v) is 17.3. The number of nitrogens with two attached hydrogens (primary N) is 1. The molecular formula is C48H80N7O22P3S-4. The van der Waals surface area contributed by atoms with Crippen molar-refractivity contribution in [1.29, 1.82) is 0 Å². The topological polar surface area (TPSA) is 451 Å². The first kappa shape index (κ1) is 70.6. The number of phosphoric ester groups is 3. The van der Waals surface area contributed by atoms with Crippen LogP contribution in [-0.2, 0) is 65.0 Å². The van der Waals surface area contributed by atoms with E-state index >= 15 is 0 Å². The zero-order valence-electron chi connectivity index (χ0n) is 46.0. The monoisotopic (exact) mass is 1230 g/mol. The summed E-state index contributed by atoms with van der Waals surface area (Å²) in [6.07, 6.45) is 8.25. The van der Waals surface area contributed by atoms with E-state index in [1.165, 1.54) is 71.6 Å². The van der Waals surface area contributed by atoms with Gasteiger partial charge >= 0.3 is 0 Å². The van der Waals surface area contributed by atoms with Crippen molar-refractivity contribution in [3.8, 4) is 0 Å². The van der Waals surface area contributed by atoms with Gasteiger partial charge in [-0.1, -0.05) is 116 Å². The van der Waals surface area contributed by atoms with Crippen LogP contribution in [0.3, 0.4) is 0 Å². The van der Waals surface area contributed by atoms with Crippen molar-refractivity contribution in [2.45, 2.75) is 204 Å². The second-order valence-corrected chi connectivity index (χ2v) is 26.0. The van der Waals surface area contributed by atoms with Crippen molar-refractivity contribution in [1.82, 2.24) is 30.2 Å². The Labute approximate surface area is 475 Å². The second kappa shape index (κ2) is 34.9. The van der Waals surface area contributed by atoms with Crippen LogP contribution < -0.4 is 35.9 Å². The fourth-order valence-corrected chi connectivity index (χ4v) is 12.2. The minimum Gasteiger partial charge on any atom is -0.790 e. The summed E-state index contributed by atoms with van der Waals surface area (Å²) in [6.45, 7) is 2.22. The van der Waals surface area contributed by atoms with E-state index in [1.54, 1.807) is 6.92 Å². The molecule has 4 heterocycles. The van der Waals surface area contributed by atoms with Crippen LogP contribution in [0.15, 0.2) is 12.7 Å². The van der Waals surface area contributed by atoms with Crippen LogP contribution in [0, 0.1) is 5.41 Å². The van der Waals surface area contributed by atoms with Crippen molar-refractivity contribution in [3.63, 3.8) is 0 Å². The first-order valence-electron chi connectivity index (χ1n) is 27.3. The van der Waals surface area contributed by atoms with E-state index < -0.39 is 103 Å². The molecule has 2 amide bonds. The van der Waals surface area contributed by atoms with Gasteiger partial charge < -0.3 is 88.7 Å².